The number of halogens is 1. The molecule has 1 saturated heterocycles. The molecule has 11 nitrogen and oxygen atoms in total. The van der Waals surface area contributed by atoms with E-state index in [9.17, 15) is 35.2 Å². The fourth-order valence-corrected chi connectivity index (χ4v) is 2.64. The van der Waals surface area contributed by atoms with Gasteiger partial charge in [0.25, 0.3) is 0 Å². The van der Waals surface area contributed by atoms with Crippen molar-refractivity contribution in [3.05, 3.63) is 4.91 Å². The molecule has 2 amide bonds. The van der Waals surface area contributed by atoms with Crippen LogP contribution in [0.5, 0.6) is 0 Å². The second kappa shape index (κ2) is 8.34. The van der Waals surface area contributed by atoms with E-state index in [-0.39, 0.29) is 25.3 Å². The Hall–Kier alpha value is -1.08. The van der Waals surface area contributed by atoms with Gasteiger partial charge in [-0.1, -0.05) is 13.3 Å². The first-order chi connectivity index (χ1) is 11.2. The highest BCUT2D eigenvalue weighted by Crippen LogP contribution is 2.38. The second-order valence-electron chi connectivity index (χ2n) is 5.40. The van der Waals surface area contributed by atoms with E-state index >= 15 is 0 Å². The minimum absolute atomic E-state index is 0.134. The van der Waals surface area contributed by atoms with Crippen LogP contribution in [0.1, 0.15) is 19.8 Å². The summed E-state index contributed by atoms with van der Waals surface area (Å²) in [6.45, 7) is 0.586. The average Bonchev–Trinajstić information content (AvgIpc) is 2.54. The Morgan fingerprint density at radius 2 is 2.04 bits per heavy atom. The molecule has 0 saturated carbocycles. The van der Waals surface area contributed by atoms with Crippen LogP contribution in [0.4, 0.5) is 4.79 Å². The molecule has 0 bridgehead atoms. The molecule has 0 radical (unpaired) electrons. The van der Waals surface area contributed by atoms with E-state index in [1.165, 1.54) is 0 Å². The quantitative estimate of drug-likeness (QED) is 0.132. The number of hydrogen-bond donors (Lipinski definition) is 6. The van der Waals surface area contributed by atoms with Crippen LogP contribution in [0.3, 0.4) is 0 Å². The third kappa shape index (κ3) is 3.77. The lowest BCUT2D eigenvalue weighted by molar-refractivity contribution is -0.396. The van der Waals surface area contributed by atoms with E-state index in [2.05, 4.69) is 5.29 Å². The molecule has 12 heteroatoms. The normalized spacial score (nSPS) is 36.2. The zero-order valence-corrected chi connectivity index (χ0v) is 13.8. The Kier molecular flexibility index (Phi) is 7.28. The molecule has 0 aliphatic carbocycles. The minimum Gasteiger partial charge on any atom is -0.394 e. The molecule has 140 valence electrons. The van der Waals surface area contributed by atoms with Crippen LogP contribution >= 0.6 is 11.6 Å². The van der Waals surface area contributed by atoms with Gasteiger partial charge < -0.3 is 35.6 Å². The highest BCUT2D eigenvalue weighted by molar-refractivity contribution is 6.18. The van der Waals surface area contributed by atoms with Gasteiger partial charge in [0, 0.05) is 12.3 Å². The van der Waals surface area contributed by atoms with Crippen molar-refractivity contribution in [1.82, 2.24) is 10.3 Å². The number of hydrogen-bond acceptors (Lipinski definition) is 9. The molecular weight excluding hydrogens is 350 g/mol. The molecule has 0 spiro atoms. The van der Waals surface area contributed by atoms with Gasteiger partial charge in [-0.05, 0) is 0 Å². The minimum atomic E-state index is -2.86. The molecule has 1 aliphatic heterocycles. The van der Waals surface area contributed by atoms with Crippen molar-refractivity contribution in [2.75, 3.05) is 19.0 Å². The van der Waals surface area contributed by atoms with Gasteiger partial charge in [-0.2, -0.15) is 5.01 Å². The summed E-state index contributed by atoms with van der Waals surface area (Å²) in [5.41, 5.74) is -2.86. The maximum atomic E-state index is 12.0. The molecule has 5 atom stereocenters. The molecule has 0 aromatic heterocycles. The predicted molar refractivity (Wildman–Crippen MR) is 80.5 cm³/mol. The van der Waals surface area contributed by atoms with E-state index in [4.69, 9.17) is 16.3 Å². The number of carbonyl (C=O) groups excluding carboxylic acids is 1. The van der Waals surface area contributed by atoms with Crippen molar-refractivity contribution in [2.45, 2.75) is 49.6 Å². The van der Waals surface area contributed by atoms with Gasteiger partial charge in [-0.15, -0.1) is 16.5 Å². The van der Waals surface area contributed by atoms with Gasteiger partial charge in [0.15, 0.2) is 0 Å². The Labute approximate surface area is 142 Å². The Balaban J connectivity index is 3.16. The monoisotopic (exact) mass is 371 g/mol. The van der Waals surface area contributed by atoms with Crippen LogP contribution in [0.2, 0.25) is 0 Å². The number of alkyl halides is 1. The van der Waals surface area contributed by atoms with E-state index in [1.54, 1.807) is 6.92 Å². The zero-order chi connectivity index (χ0) is 18.5. The van der Waals surface area contributed by atoms with Crippen molar-refractivity contribution in [2.24, 2.45) is 5.29 Å². The van der Waals surface area contributed by atoms with Crippen LogP contribution in [-0.4, -0.2) is 85.4 Å². The van der Waals surface area contributed by atoms with Crippen molar-refractivity contribution < 1.29 is 35.1 Å². The van der Waals surface area contributed by atoms with Crippen LogP contribution in [0.15, 0.2) is 5.29 Å². The molecule has 0 aromatic carbocycles. The third-order valence-electron chi connectivity index (χ3n) is 3.77. The number of amides is 2. The largest absolute Gasteiger partial charge is 0.394 e. The highest BCUT2D eigenvalue weighted by atomic mass is 35.5. The molecule has 24 heavy (non-hydrogen) atoms. The Morgan fingerprint density at radius 1 is 1.42 bits per heavy atom. The number of nitroso groups, excluding NO2 is 1. The number of aliphatic hydroxyl groups excluding tert-OH is 3. The smallest absolute Gasteiger partial charge is 0.342 e. The SMILES string of the molecule is CCC[C@@]1(O)O[C@H](CO)[C@@H](O)[C@H](O)[C@]1(O)NC(=O)N(CCCl)N=O. The lowest BCUT2D eigenvalue weighted by Crippen LogP contribution is -2.79. The van der Waals surface area contributed by atoms with Crippen LogP contribution in [0.25, 0.3) is 0 Å². The fourth-order valence-electron chi connectivity index (χ4n) is 2.48. The van der Waals surface area contributed by atoms with E-state index in [0.717, 1.165) is 0 Å². The zero-order valence-electron chi connectivity index (χ0n) is 13.0. The molecule has 0 aromatic rings. The number of rotatable bonds is 7. The summed E-state index contributed by atoms with van der Waals surface area (Å²) in [6, 6.07) is -1.26. The average molecular weight is 372 g/mol. The van der Waals surface area contributed by atoms with E-state index in [1.807, 2.05) is 5.32 Å². The highest BCUT2D eigenvalue weighted by Gasteiger charge is 2.64. The van der Waals surface area contributed by atoms with Gasteiger partial charge in [-0.25, -0.2) is 4.79 Å². The standard InChI is InChI=1S/C12H22ClN3O8/c1-2-3-11(21)12(22,9(19)8(18)7(6-17)24-11)14-10(20)16(15-23)5-4-13/h7-9,17-19,21-22H,2-6H2,1H3,(H,14,20)/t7-,8-,9+,11-,12-/m1/s1. The summed E-state index contributed by atoms with van der Waals surface area (Å²) in [5, 5.41) is 55.1. The maximum absolute atomic E-state index is 12.0. The van der Waals surface area contributed by atoms with Gasteiger partial charge in [0.1, 0.15) is 18.3 Å². The molecule has 1 aliphatic rings. The van der Waals surface area contributed by atoms with Crippen LogP contribution in [0, 0.1) is 4.91 Å². The number of ether oxygens (including phenoxy) is 1. The molecular formula is C12H22ClN3O8. The molecule has 0 unspecified atom stereocenters. The third-order valence-corrected chi connectivity index (χ3v) is 3.94. The van der Waals surface area contributed by atoms with Crippen molar-refractivity contribution in [3.8, 4) is 0 Å². The van der Waals surface area contributed by atoms with E-state index in [0.29, 0.717) is 5.01 Å². The van der Waals surface area contributed by atoms with Crippen LogP contribution in [-0.2, 0) is 4.74 Å². The lowest BCUT2D eigenvalue weighted by atomic mass is 9.84. The first-order valence-corrected chi connectivity index (χ1v) is 7.82. The van der Waals surface area contributed by atoms with Crippen molar-refractivity contribution in [1.29, 1.82) is 0 Å². The Bertz CT molecular complexity index is 458. The van der Waals surface area contributed by atoms with Crippen LogP contribution < -0.4 is 5.32 Å². The summed E-state index contributed by atoms with van der Waals surface area (Å²) >= 11 is 5.42. The summed E-state index contributed by atoms with van der Waals surface area (Å²) in [4.78, 5) is 22.7. The van der Waals surface area contributed by atoms with Gasteiger partial charge in [0.2, 0.25) is 11.5 Å². The summed E-state index contributed by atoms with van der Waals surface area (Å²) in [5.74, 6) is -2.66. The first kappa shape index (κ1) is 21.0. The number of carbonyl (C=O) groups is 1. The number of urea groups is 1. The summed E-state index contributed by atoms with van der Waals surface area (Å²) in [6.07, 6.45) is -5.32. The molecule has 1 fully saturated rings. The summed E-state index contributed by atoms with van der Waals surface area (Å²) in [7, 11) is 0. The number of aliphatic hydroxyl groups is 5. The fraction of sp³-hybridized carbons (Fsp3) is 0.917. The number of nitrogens with one attached hydrogen (secondary N) is 1. The van der Waals surface area contributed by atoms with E-state index < -0.39 is 42.5 Å². The lowest BCUT2D eigenvalue weighted by Gasteiger charge is -2.52. The number of nitrogens with zero attached hydrogens (tertiary/aromatic N) is 2. The van der Waals surface area contributed by atoms with Crippen molar-refractivity contribution >= 4 is 17.6 Å². The van der Waals surface area contributed by atoms with Gasteiger partial charge >= 0.3 is 6.03 Å². The molecule has 6 N–H and O–H groups in total. The predicted octanol–water partition coefficient (Wildman–Crippen LogP) is -1.79. The molecule has 1 heterocycles. The topological polar surface area (TPSA) is 172 Å². The molecule has 1 rings (SSSR count). The summed E-state index contributed by atoms with van der Waals surface area (Å²) < 4.78 is 5.11. The van der Waals surface area contributed by atoms with Gasteiger partial charge in [-0.3, -0.25) is 0 Å². The van der Waals surface area contributed by atoms with Crippen molar-refractivity contribution in [3.63, 3.8) is 0 Å². The Morgan fingerprint density at radius 3 is 2.50 bits per heavy atom. The van der Waals surface area contributed by atoms with Gasteiger partial charge in [0.05, 0.1) is 18.4 Å². The second-order valence-corrected chi connectivity index (χ2v) is 5.78. The first-order valence-electron chi connectivity index (χ1n) is 7.29. The maximum Gasteiger partial charge on any atom is 0.342 e.